The molecule has 0 spiro atoms. The van der Waals surface area contributed by atoms with Crippen molar-refractivity contribution in [3.05, 3.63) is 40.6 Å². The second-order valence-corrected chi connectivity index (χ2v) is 8.74. The summed E-state index contributed by atoms with van der Waals surface area (Å²) < 4.78 is 0.928. The fourth-order valence-corrected chi connectivity index (χ4v) is 4.94. The third-order valence-electron chi connectivity index (χ3n) is 4.52. The van der Waals surface area contributed by atoms with Gasteiger partial charge >= 0.3 is 0 Å². The first-order valence-corrected chi connectivity index (χ1v) is 10.8. The van der Waals surface area contributed by atoms with Crippen LogP contribution in [0.1, 0.15) is 52.9 Å². The van der Waals surface area contributed by atoms with Gasteiger partial charge in [0.2, 0.25) is 5.91 Å². The second-order valence-electron chi connectivity index (χ2n) is 6.50. The number of rotatable bonds is 7. The van der Waals surface area contributed by atoms with Gasteiger partial charge in [-0.1, -0.05) is 35.2 Å². The standard InChI is InChI=1S/C20H21N3O2S2/c1-13-19(26-11-10-21)27-20(22-13)23-18(25)9-8-17(24)16-7-6-14-4-2-3-5-15(14)12-16/h6-7,12H,2-5,8-9,11H2,1H3,(H,22,23,25). The molecule has 0 saturated heterocycles. The monoisotopic (exact) mass is 399 g/mol. The Balaban J connectivity index is 1.53. The fraction of sp³-hybridized carbons (Fsp3) is 0.400. The number of fused-ring (bicyclic) bond motifs is 1. The van der Waals surface area contributed by atoms with Crippen LogP contribution in [0.3, 0.4) is 0 Å². The van der Waals surface area contributed by atoms with E-state index in [1.807, 2.05) is 19.1 Å². The predicted molar refractivity (Wildman–Crippen MR) is 108 cm³/mol. The normalized spacial score (nSPS) is 12.9. The van der Waals surface area contributed by atoms with Gasteiger partial charge in [-0.15, -0.1) is 0 Å². The molecule has 2 aromatic rings. The molecular formula is C20H21N3O2S2. The first-order chi connectivity index (χ1) is 13.1. The molecule has 7 heteroatoms. The lowest BCUT2D eigenvalue weighted by Crippen LogP contribution is -2.14. The minimum Gasteiger partial charge on any atom is -0.302 e. The maximum Gasteiger partial charge on any atom is 0.226 e. The highest BCUT2D eigenvalue weighted by Gasteiger charge is 2.15. The van der Waals surface area contributed by atoms with Gasteiger partial charge in [-0.05, 0) is 49.8 Å². The van der Waals surface area contributed by atoms with Crippen molar-refractivity contribution < 1.29 is 9.59 Å². The molecule has 0 bridgehead atoms. The number of ketones is 1. The number of hydrogen-bond donors (Lipinski definition) is 1. The Kier molecular flexibility index (Phi) is 6.64. The van der Waals surface area contributed by atoms with Crippen LogP contribution < -0.4 is 5.32 Å². The van der Waals surface area contributed by atoms with Crippen molar-refractivity contribution in [2.45, 2.75) is 49.7 Å². The SMILES string of the molecule is Cc1nc(NC(=O)CCC(=O)c2ccc3c(c2)CCCC3)sc1SCC#N. The van der Waals surface area contributed by atoms with Crippen molar-refractivity contribution in [1.82, 2.24) is 4.98 Å². The molecule has 1 amide bonds. The number of thiazole rings is 1. The van der Waals surface area contributed by atoms with E-state index in [-0.39, 0.29) is 24.5 Å². The zero-order valence-corrected chi connectivity index (χ0v) is 16.8. The molecule has 0 saturated carbocycles. The van der Waals surface area contributed by atoms with Crippen molar-refractivity contribution in [2.75, 3.05) is 11.1 Å². The zero-order valence-electron chi connectivity index (χ0n) is 15.2. The zero-order chi connectivity index (χ0) is 19.2. The Bertz CT molecular complexity index is 899. The minimum atomic E-state index is -0.216. The summed E-state index contributed by atoms with van der Waals surface area (Å²) in [7, 11) is 0. The van der Waals surface area contributed by atoms with E-state index in [0.29, 0.717) is 16.4 Å². The highest BCUT2D eigenvalue weighted by Crippen LogP contribution is 2.31. The number of hydrogen-bond acceptors (Lipinski definition) is 6. The molecular weight excluding hydrogens is 378 g/mol. The van der Waals surface area contributed by atoms with E-state index in [9.17, 15) is 9.59 Å². The van der Waals surface area contributed by atoms with E-state index in [1.54, 1.807) is 0 Å². The van der Waals surface area contributed by atoms with Gasteiger partial charge in [-0.2, -0.15) is 5.26 Å². The van der Waals surface area contributed by atoms with E-state index < -0.39 is 0 Å². The molecule has 1 aliphatic rings. The molecule has 1 heterocycles. The van der Waals surface area contributed by atoms with Gasteiger partial charge in [0.1, 0.15) is 0 Å². The van der Waals surface area contributed by atoms with Gasteiger partial charge in [0, 0.05) is 18.4 Å². The number of aryl methyl sites for hydroxylation is 3. The van der Waals surface area contributed by atoms with E-state index >= 15 is 0 Å². The molecule has 3 rings (SSSR count). The number of aromatic nitrogens is 1. The van der Waals surface area contributed by atoms with E-state index in [0.717, 1.165) is 22.7 Å². The lowest BCUT2D eigenvalue weighted by Gasteiger charge is -2.16. The summed E-state index contributed by atoms with van der Waals surface area (Å²) in [6.07, 6.45) is 4.84. The first kappa shape index (κ1) is 19.6. The van der Waals surface area contributed by atoms with Crippen molar-refractivity contribution in [2.24, 2.45) is 0 Å². The smallest absolute Gasteiger partial charge is 0.226 e. The number of amides is 1. The van der Waals surface area contributed by atoms with Gasteiger partial charge in [0.25, 0.3) is 0 Å². The quantitative estimate of drug-likeness (QED) is 0.546. The third-order valence-corrected chi connectivity index (χ3v) is 6.82. The first-order valence-electron chi connectivity index (χ1n) is 8.99. The Labute approximate surface area is 167 Å². The number of anilines is 1. The lowest BCUT2D eigenvalue weighted by atomic mass is 9.89. The Morgan fingerprint density at radius 2 is 2.04 bits per heavy atom. The summed E-state index contributed by atoms with van der Waals surface area (Å²) in [4.78, 5) is 28.9. The van der Waals surface area contributed by atoms with Crippen molar-refractivity contribution in [1.29, 1.82) is 5.26 Å². The summed E-state index contributed by atoms with van der Waals surface area (Å²) in [5, 5.41) is 11.9. The third kappa shape index (κ3) is 5.18. The molecule has 1 aromatic heterocycles. The van der Waals surface area contributed by atoms with Gasteiger partial charge in [0.05, 0.1) is 21.7 Å². The van der Waals surface area contributed by atoms with Gasteiger partial charge in [0.15, 0.2) is 10.9 Å². The lowest BCUT2D eigenvalue weighted by molar-refractivity contribution is -0.116. The molecule has 140 valence electrons. The molecule has 0 atom stereocenters. The van der Waals surface area contributed by atoms with Crippen LogP contribution >= 0.6 is 23.1 Å². The number of Topliss-reactive ketones (excluding diaryl/α,β-unsaturated/α-hetero) is 1. The van der Waals surface area contributed by atoms with Crippen molar-refractivity contribution in [3.63, 3.8) is 0 Å². The topological polar surface area (TPSA) is 82.8 Å². The van der Waals surface area contributed by atoms with Crippen LogP contribution in [0.4, 0.5) is 5.13 Å². The maximum atomic E-state index is 12.4. The number of carbonyl (C=O) groups excluding carboxylic acids is 2. The molecule has 27 heavy (non-hydrogen) atoms. The Hall–Kier alpha value is -2.17. The minimum absolute atomic E-state index is 0.000826. The largest absolute Gasteiger partial charge is 0.302 e. The van der Waals surface area contributed by atoms with Gasteiger partial charge in [-0.3, -0.25) is 9.59 Å². The van der Waals surface area contributed by atoms with Crippen LogP contribution in [0.2, 0.25) is 0 Å². The van der Waals surface area contributed by atoms with Gasteiger partial charge in [-0.25, -0.2) is 4.98 Å². The summed E-state index contributed by atoms with van der Waals surface area (Å²) in [5.41, 5.74) is 4.13. The van der Waals surface area contributed by atoms with Gasteiger partial charge < -0.3 is 5.32 Å². The summed E-state index contributed by atoms with van der Waals surface area (Å²) >= 11 is 2.77. The summed E-state index contributed by atoms with van der Waals surface area (Å²) in [5.74, 6) is 0.136. The molecule has 0 radical (unpaired) electrons. The molecule has 1 aromatic carbocycles. The molecule has 5 nitrogen and oxygen atoms in total. The molecule has 0 fully saturated rings. The Morgan fingerprint density at radius 1 is 1.26 bits per heavy atom. The number of nitriles is 1. The van der Waals surface area contributed by atoms with Crippen LogP contribution in [-0.4, -0.2) is 22.4 Å². The van der Waals surface area contributed by atoms with Crippen molar-refractivity contribution >= 4 is 39.9 Å². The maximum absolute atomic E-state index is 12.4. The summed E-state index contributed by atoms with van der Waals surface area (Å²) in [6, 6.07) is 8.01. The molecule has 0 unspecified atom stereocenters. The molecule has 1 N–H and O–H groups in total. The van der Waals surface area contributed by atoms with Crippen LogP contribution in [0.25, 0.3) is 0 Å². The number of thioether (sulfide) groups is 1. The predicted octanol–water partition coefficient (Wildman–Crippen LogP) is 4.55. The number of carbonyl (C=O) groups is 2. The number of benzene rings is 1. The summed E-state index contributed by atoms with van der Waals surface area (Å²) in [6.45, 7) is 1.85. The van der Waals surface area contributed by atoms with Crippen molar-refractivity contribution in [3.8, 4) is 6.07 Å². The highest BCUT2D eigenvalue weighted by molar-refractivity contribution is 8.01. The van der Waals surface area contributed by atoms with Crippen LogP contribution in [0, 0.1) is 18.3 Å². The van der Waals surface area contributed by atoms with Crippen LogP contribution in [0.5, 0.6) is 0 Å². The fourth-order valence-electron chi connectivity index (χ4n) is 3.13. The van der Waals surface area contributed by atoms with E-state index in [1.165, 1.54) is 47.1 Å². The van der Waals surface area contributed by atoms with E-state index in [4.69, 9.17) is 5.26 Å². The van der Waals surface area contributed by atoms with Crippen LogP contribution in [-0.2, 0) is 17.6 Å². The molecule has 1 aliphatic carbocycles. The highest BCUT2D eigenvalue weighted by atomic mass is 32.2. The average Bonchev–Trinajstić information content (AvgIpc) is 3.02. The van der Waals surface area contributed by atoms with Crippen LogP contribution in [0.15, 0.2) is 22.4 Å². The van der Waals surface area contributed by atoms with E-state index in [2.05, 4.69) is 22.4 Å². The number of nitrogens with one attached hydrogen (secondary N) is 1. The second kappa shape index (κ2) is 9.16. The number of nitrogens with zero attached hydrogens (tertiary/aromatic N) is 2. The molecule has 0 aliphatic heterocycles. The Morgan fingerprint density at radius 3 is 2.81 bits per heavy atom. The average molecular weight is 400 g/mol.